The molecular formula is C28H44O. The number of hydrogen-bond acceptors (Lipinski definition) is 1. The first-order chi connectivity index (χ1) is 13.7. The van der Waals surface area contributed by atoms with Crippen LogP contribution in [0.5, 0.6) is 0 Å². The van der Waals surface area contributed by atoms with E-state index in [9.17, 15) is 5.11 Å². The Morgan fingerprint density at radius 3 is 2.41 bits per heavy atom. The van der Waals surface area contributed by atoms with E-state index in [2.05, 4.69) is 65.8 Å². The average molecular weight is 397 g/mol. The molecule has 0 aromatic heterocycles. The zero-order chi connectivity index (χ0) is 21.0. The van der Waals surface area contributed by atoms with Crippen molar-refractivity contribution in [2.45, 2.75) is 92.6 Å². The fraction of sp³-hybridized carbons (Fsp3) is 0.786. The molecule has 162 valence electrons. The fourth-order valence-corrected chi connectivity index (χ4v) is 7.59. The van der Waals surface area contributed by atoms with Crippen molar-refractivity contribution < 1.29 is 5.11 Å². The Kier molecular flexibility index (Phi) is 5.69. The maximum absolute atomic E-state index is 10.2. The van der Waals surface area contributed by atoms with Gasteiger partial charge in [-0.05, 0) is 91.3 Å². The van der Waals surface area contributed by atoms with Gasteiger partial charge >= 0.3 is 0 Å². The van der Waals surface area contributed by atoms with Gasteiger partial charge < -0.3 is 5.11 Å². The Hall–Kier alpha value is -0.820. The first-order valence-corrected chi connectivity index (χ1v) is 12.4. The summed E-state index contributed by atoms with van der Waals surface area (Å²) in [5.41, 5.74) is 4.07. The van der Waals surface area contributed by atoms with Gasteiger partial charge in [0.2, 0.25) is 0 Å². The maximum atomic E-state index is 10.2. The molecule has 3 saturated carbocycles. The third-order valence-corrected chi connectivity index (χ3v) is 10.0. The molecule has 1 N–H and O–H groups in total. The van der Waals surface area contributed by atoms with Crippen LogP contribution in [0, 0.1) is 46.3 Å². The largest absolute Gasteiger partial charge is 0.393 e. The highest BCUT2D eigenvalue weighted by molar-refractivity contribution is 5.39. The normalized spacial score (nSPS) is 44.0. The van der Waals surface area contributed by atoms with Gasteiger partial charge in [0.15, 0.2) is 0 Å². The van der Waals surface area contributed by atoms with Crippen molar-refractivity contribution in [1.29, 1.82) is 0 Å². The van der Waals surface area contributed by atoms with E-state index in [0.29, 0.717) is 22.7 Å². The smallest absolute Gasteiger partial charge is 0.0578 e. The Bertz CT molecular complexity index is 712. The molecule has 0 heterocycles. The van der Waals surface area contributed by atoms with Crippen LogP contribution in [-0.2, 0) is 0 Å². The molecule has 4 rings (SSSR count). The van der Waals surface area contributed by atoms with Gasteiger partial charge in [-0.25, -0.2) is 0 Å². The molecule has 0 unspecified atom stereocenters. The molecule has 4 aliphatic rings. The van der Waals surface area contributed by atoms with Crippen molar-refractivity contribution in [3.8, 4) is 0 Å². The van der Waals surface area contributed by atoms with Gasteiger partial charge in [0.1, 0.15) is 0 Å². The zero-order valence-electron chi connectivity index (χ0n) is 19.7. The number of aliphatic hydroxyl groups excluding tert-OH is 1. The second-order valence-corrected chi connectivity index (χ2v) is 11.9. The molecule has 0 radical (unpaired) electrons. The lowest BCUT2D eigenvalue weighted by Crippen LogP contribution is -2.46. The zero-order valence-corrected chi connectivity index (χ0v) is 19.7. The number of allylic oxidation sites excluding steroid dienone is 5. The summed E-state index contributed by atoms with van der Waals surface area (Å²) in [6.45, 7) is 14.6. The number of fused-ring (bicyclic) bond motifs is 5. The lowest BCUT2D eigenvalue weighted by molar-refractivity contribution is 0.0382. The van der Waals surface area contributed by atoms with Crippen LogP contribution in [0.25, 0.3) is 0 Å². The summed E-state index contributed by atoms with van der Waals surface area (Å²) in [6, 6.07) is 0. The van der Waals surface area contributed by atoms with Crippen LogP contribution in [0.15, 0.2) is 35.5 Å². The minimum atomic E-state index is -0.116. The van der Waals surface area contributed by atoms with Gasteiger partial charge in [-0.2, -0.15) is 0 Å². The van der Waals surface area contributed by atoms with Crippen molar-refractivity contribution in [3.05, 3.63) is 35.5 Å². The van der Waals surface area contributed by atoms with Gasteiger partial charge in [-0.3, -0.25) is 0 Å². The first-order valence-electron chi connectivity index (χ1n) is 12.4. The predicted molar refractivity (Wildman–Crippen MR) is 123 cm³/mol. The van der Waals surface area contributed by atoms with Crippen molar-refractivity contribution in [2.24, 2.45) is 46.3 Å². The van der Waals surface area contributed by atoms with E-state index in [0.717, 1.165) is 36.5 Å². The van der Waals surface area contributed by atoms with E-state index < -0.39 is 0 Å². The standard InChI is InChI=1S/C28H44O/c1-18(2)19(3)7-8-20(4)24-11-12-25-23-10-9-21-17-22(29)13-15-27(21,5)26(23)14-16-28(24,25)6/h7-10,18-20,22,24-26,29H,11-17H2,1-6H3/b8-7+/t19-,20-,22-,24+,25-,26-,27-,28+/m0/s1. The molecule has 0 aliphatic heterocycles. The van der Waals surface area contributed by atoms with Crippen LogP contribution in [0.3, 0.4) is 0 Å². The highest BCUT2D eigenvalue weighted by Gasteiger charge is 2.56. The molecule has 0 bridgehead atoms. The molecule has 8 atom stereocenters. The topological polar surface area (TPSA) is 20.2 Å². The van der Waals surface area contributed by atoms with E-state index >= 15 is 0 Å². The first kappa shape index (κ1) is 21.4. The van der Waals surface area contributed by atoms with Crippen molar-refractivity contribution in [3.63, 3.8) is 0 Å². The van der Waals surface area contributed by atoms with Crippen LogP contribution in [0.4, 0.5) is 0 Å². The lowest BCUT2D eigenvalue weighted by atomic mass is 9.50. The van der Waals surface area contributed by atoms with Gasteiger partial charge in [-0.1, -0.05) is 77.0 Å². The number of rotatable bonds is 4. The third-order valence-electron chi connectivity index (χ3n) is 10.0. The summed E-state index contributed by atoms with van der Waals surface area (Å²) in [5.74, 6) is 4.38. The van der Waals surface area contributed by atoms with Gasteiger partial charge in [0.25, 0.3) is 0 Å². The van der Waals surface area contributed by atoms with Crippen LogP contribution in [-0.4, -0.2) is 11.2 Å². The molecule has 0 amide bonds. The highest BCUT2D eigenvalue weighted by atomic mass is 16.3. The fourth-order valence-electron chi connectivity index (χ4n) is 7.59. The summed E-state index contributed by atoms with van der Waals surface area (Å²) in [6.07, 6.45) is 18.4. The summed E-state index contributed by atoms with van der Waals surface area (Å²) < 4.78 is 0. The van der Waals surface area contributed by atoms with E-state index in [1.165, 1.54) is 37.7 Å². The number of aliphatic hydroxyl groups is 1. The monoisotopic (exact) mass is 396 g/mol. The van der Waals surface area contributed by atoms with Crippen molar-refractivity contribution in [1.82, 2.24) is 0 Å². The minimum Gasteiger partial charge on any atom is -0.393 e. The molecule has 0 aromatic carbocycles. The summed E-state index contributed by atoms with van der Waals surface area (Å²) in [7, 11) is 0. The predicted octanol–water partition coefficient (Wildman–Crippen LogP) is 7.33. The second-order valence-electron chi connectivity index (χ2n) is 11.9. The lowest BCUT2D eigenvalue weighted by Gasteiger charge is -2.55. The molecule has 0 aromatic rings. The van der Waals surface area contributed by atoms with E-state index in [-0.39, 0.29) is 6.10 Å². The molecule has 1 heteroatoms. The Balaban J connectivity index is 1.57. The van der Waals surface area contributed by atoms with Crippen LogP contribution in [0.2, 0.25) is 0 Å². The summed E-state index contributed by atoms with van der Waals surface area (Å²) >= 11 is 0. The minimum absolute atomic E-state index is 0.116. The third kappa shape index (κ3) is 3.50. The molecule has 0 saturated heterocycles. The Labute approximate surface area is 179 Å². The highest BCUT2D eigenvalue weighted by Crippen LogP contribution is 2.65. The molecule has 0 spiro atoms. The van der Waals surface area contributed by atoms with Crippen molar-refractivity contribution in [2.75, 3.05) is 0 Å². The Morgan fingerprint density at radius 2 is 1.69 bits per heavy atom. The molecule has 1 nitrogen and oxygen atoms in total. The van der Waals surface area contributed by atoms with Gasteiger partial charge in [0, 0.05) is 0 Å². The molecule has 29 heavy (non-hydrogen) atoms. The Morgan fingerprint density at radius 1 is 0.931 bits per heavy atom. The molecule has 4 aliphatic carbocycles. The summed E-state index contributed by atoms with van der Waals surface area (Å²) in [5, 5.41) is 10.2. The van der Waals surface area contributed by atoms with E-state index in [4.69, 9.17) is 0 Å². The van der Waals surface area contributed by atoms with E-state index in [1.54, 1.807) is 5.57 Å². The van der Waals surface area contributed by atoms with Crippen LogP contribution < -0.4 is 0 Å². The molecular weight excluding hydrogens is 352 g/mol. The quantitative estimate of drug-likeness (QED) is 0.493. The van der Waals surface area contributed by atoms with Crippen LogP contribution in [0.1, 0.15) is 86.5 Å². The van der Waals surface area contributed by atoms with Gasteiger partial charge in [0.05, 0.1) is 6.10 Å². The van der Waals surface area contributed by atoms with Gasteiger partial charge in [-0.15, -0.1) is 0 Å². The SMILES string of the molecule is CC(C)[C@@H](C)/C=C/[C@H](C)[C@H]1CC[C@H]2C3=CC=C4C[C@@H](O)CC[C@]4(C)[C@H]3CC[C@]12C. The van der Waals surface area contributed by atoms with E-state index in [1.807, 2.05) is 0 Å². The van der Waals surface area contributed by atoms with Crippen LogP contribution >= 0.6 is 0 Å². The average Bonchev–Trinajstić information content (AvgIpc) is 3.03. The summed E-state index contributed by atoms with van der Waals surface area (Å²) in [4.78, 5) is 0. The second kappa shape index (κ2) is 7.70. The number of hydrogen-bond donors (Lipinski definition) is 1. The van der Waals surface area contributed by atoms with Crippen molar-refractivity contribution >= 4 is 0 Å². The molecule has 3 fully saturated rings. The maximum Gasteiger partial charge on any atom is 0.0578 e.